The minimum atomic E-state index is -0.0487. The first-order chi connectivity index (χ1) is 10.3. The van der Waals surface area contributed by atoms with Gasteiger partial charge in [0.1, 0.15) is 5.82 Å². The van der Waals surface area contributed by atoms with Gasteiger partial charge in [-0.05, 0) is 19.4 Å². The summed E-state index contributed by atoms with van der Waals surface area (Å²) in [5.41, 5.74) is 9.16. The molecule has 0 bridgehead atoms. The summed E-state index contributed by atoms with van der Waals surface area (Å²) in [7, 11) is 0. The summed E-state index contributed by atoms with van der Waals surface area (Å²) in [6.45, 7) is 2.09. The molecule has 7 heteroatoms. The molecule has 0 spiro atoms. The van der Waals surface area contributed by atoms with Gasteiger partial charge in [0.25, 0.3) is 0 Å². The number of aromatic nitrogens is 1. The molecule has 3 aliphatic rings. The quantitative estimate of drug-likeness (QED) is 0.858. The van der Waals surface area contributed by atoms with E-state index in [1.165, 1.54) is 17.7 Å². The van der Waals surface area contributed by atoms with Crippen LogP contribution in [0.4, 0.5) is 0 Å². The molecule has 0 saturated carbocycles. The number of aliphatic imine (C=N–C) groups is 1. The van der Waals surface area contributed by atoms with Crippen LogP contribution in [0.3, 0.4) is 0 Å². The molecule has 3 unspecified atom stereocenters. The van der Waals surface area contributed by atoms with Crippen molar-refractivity contribution in [2.24, 2.45) is 21.7 Å². The lowest BCUT2D eigenvalue weighted by atomic mass is 9.93. The average molecular weight is 302 g/mol. The molecule has 1 aromatic rings. The Morgan fingerprint density at radius 2 is 2.38 bits per heavy atom. The highest BCUT2D eigenvalue weighted by molar-refractivity contribution is 7.09. The molecule has 3 atom stereocenters. The van der Waals surface area contributed by atoms with E-state index in [1.807, 2.05) is 29.0 Å². The van der Waals surface area contributed by atoms with Crippen molar-refractivity contribution in [3.05, 3.63) is 28.5 Å². The number of hydrogen-bond acceptors (Lipinski definition) is 7. The summed E-state index contributed by atoms with van der Waals surface area (Å²) in [5, 5.41) is 9.69. The molecular weight excluding hydrogens is 284 g/mol. The largest absolute Gasteiger partial charge is 0.384 e. The maximum Gasteiger partial charge on any atom is 0.156 e. The van der Waals surface area contributed by atoms with Gasteiger partial charge in [0, 0.05) is 41.5 Å². The normalized spacial score (nSPS) is 31.8. The van der Waals surface area contributed by atoms with Crippen molar-refractivity contribution < 1.29 is 0 Å². The van der Waals surface area contributed by atoms with Gasteiger partial charge < -0.3 is 11.1 Å². The molecule has 1 aromatic heterocycles. The molecule has 3 N–H and O–H groups in total. The number of fused-ring (bicyclic) bond motifs is 1. The summed E-state index contributed by atoms with van der Waals surface area (Å²) < 4.78 is 0. The van der Waals surface area contributed by atoms with Crippen LogP contribution in [0.15, 0.2) is 33.7 Å². The van der Waals surface area contributed by atoms with E-state index in [1.54, 1.807) is 11.3 Å². The molecule has 3 aliphatic heterocycles. The highest BCUT2D eigenvalue weighted by Gasteiger charge is 2.37. The van der Waals surface area contributed by atoms with Gasteiger partial charge in [-0.15, -0.1) is 11.3 Å². The van der Waals surface area contributed by atoms with Crippen molar-refractivity contribution in [1.82, 2.24) is 15.3 Å². The van der Waals surface area contributed by atoms with Crippen LogP contribution in [0.5, 0.6) is 0 Å². The van der Waals surface area contributed by atoms with Gasteiger partial charge in [0.2, 0.25) is 0 Å². The first-order valence-electron chi connectivity index (χ1n) is 7.30. The van der Waals surface area contributed by atoms with E-state index in [0.717, 1.165) is 18.8 Å². The highest BCUT2D eigenvalue weighted by Crippen LogP contribution is 2.34. The smallest absolute Gasteiger partial charge is 0.156 e. The standard InChI is InChI=1S/C14H18N6S/c15-13-4-11(9-2-1-3-16-5-9)19-14-10(6-18-20(13)14)12-7-17-8-21-12/h4,6-10,14,16H,1-3,5,15H2. The fraction of sp³-hybridized carbons (Fsp3) is 0.500. The van der Waals surface area contributed by atoms with E-state index in [4.69, 9.17) is 10.7 Å². The predicted molar refractivity (Wildman–Crippen MR) is 84.3 cm³/mol. The number of hydrogen-bond donors (Lipinski definition) is 2. The van der Waals surface area contributed by atoms with Gasteiger partial charge in [-0.25, -0.2) is 5.01 Å². The van der Waals surface area contributed by atoms with Crippen LogP contribution < -0.4 is 11.1 Å². The van der Waals surface area contributed by atoms with E-state index < -0.39 is 0 Å². The molecule has 4 heterocycles. The summed E-state index contributed by atoms with van der Waals surface area (Å²) >= 11 is 1.64. The fourth-order valence-electron chi connectivity index (χ4n) is 3.14. The number of nitrogens with two attached hydrogens (primary N) is 1. The fourth-order valence-corrected chi connectivity index (χ4v) is 3.85. The molecule has 6 nitrogen and oxygen atoms in total. The molecular formula is C14H18N6S. The first kappa shape index (κ1) is 13.0. The van der Waals surface area contributed by atoms with Crippen molar-refractivity contribution in [3.63, 3.8) is 0 Å². The zero-order valence-corrected chi connectivity index (χ0v) is 12.5. The molecule has 1 saturated heterocycles. The average Bonchev–Trinajstić information content (AvgIpc) is 3.16. The maximum absolute atomic E-state index is 6.19. The second-order valence-corrected chi connectivity index (χ2v) is 6.54. The number of hydrazone groups is 1. The van der Waals surface area contributed by atoms with Crippen molar-refractivity contribution in [2.75, 3.05) is 13.1 Å². The SMILES string of the molecule is NC1=CC(C2CCCNC2)=NC2C(c3cncs3)C=NN12. The Labute approximate surface area is 127 Å². The lowest BCUT2D eigenvalue weighted by Gasteiger charge is -2.31. The van der Waals surface area contributed by atoms with Crippen LogP contribution in [0.2, 0.25) is 0 Å². The van der Waals surface area contributed by atoms with Crippen LogP contribution in [0, 0.1) is 5.92 Å². The minimum absolute atomic E-state index is 0.0487. The van der Waals surface area contributed by atoms with Crippen LogP contribution >= 0.6 is 11.3 Å². The van der Waals surface area contributed by atoms with Crippen LogP contribution in [-0.4, -0.2) is 41.2 Å². The van der Waals surface area contributed by atoms with Gasteiger partial charge in [0.15, 0.2) is 6.17 Å². The van der Waals surface area contributed by atoms with Crippen molar-refractivity contribution >= 4 is 23.3 Å². The summed E-state index contributed by atoms with van der Waals surface area (Å²) in [4.78, 5) is 10.3. The molecule has 110 valence electrons. The second kappa shape index (κ2) is 5.23. The Morgan fingerprint density at radius 1 is 1.43 bits per heavy atom. The van der Waals surface area contributed by atoms with Gasteiger partial charge in [0.05, 0.1) is 11.4 Å². The van der Waals surface area contributed by atoms with E-state index >= 15 is 0 Å². The first-order valence-corrected chi connectivity index (χ1v) is 8.18. The third-order valence-electron chi connectivity index (χ3n) is 4.26. The Bertz CT molecular complexity index is 599. The lowest BCUT2D eigenvalue weighted by Crippen LogP contribution is -2.41. The van der Waals surface area contributed by atoms with Gasteiger partial charge >= 0.3 is 0 Å². The topological polar surface area (TPSA) is 78.9 Å². The van der Waals surface area contributed by atoms with E-state index in [-0.39, 0.29) is 12.1 Å². The Balaban J connectivity index is 1.64. The molecule has 4 rings (SSSR count). The minimum Gasteiger partial charge on any atom is -0.384 e. The molecule has 21 heavy (non-hydrogen) atoms. The van der Waals surface area contributed by atoms with Crippen molar-refractivity contribution in [1.29, 1.82) is 0 Å². The third-order valence-corrected chi connectivity index (χ3v) is 5.14. The molecule has 0 amide bonds. The van der Waals surface area contributed by atoms with Gasteiger partial charge in [-0.2, -0.15) is 5.10 Å². The van der Waals surface area contributed by atoms with E-state index in [0.29, 0.717) is 11.7 Å². The van der Waals surface area contributed by atoms with Crippen molar-refractivity contribution in [3.8, 4) is 0 Å². The maximum atomic E-state index is 6.19. The lowest BCUT2D eigenvalue weighted by molar-refractivity contribution is 0.278. The molecule has 1 fully saturated rings. The van der Waals surface area contributed by atoms with E-state index in [9.17, 15) is 0 Å². The number of nitrogens with one attached hydrogen (secondary N) is 1. The zero-order chi connectivity index (χ0) is 14.2. The number of nitrogens with zero attached hydrogens (tertiary/aromatic N) is 4. The van der Waals surface area contributed by atoms with Crippen molar-refractivity contribution in [2.45, 2.75) is 24.9 Å². The number of rotatable bonds is 2. The number of piperidine rings is 1. The van der Waals surface area contributed by atoms with Gasteiger partial charge in [-0.1, -0.05) is 0 Å². The summed E-state index contributed by atoms with van der Waals surface area (Å²) in [6, 6.07) is 0. The Morgan fingerprint density at radius 3 is 3.14 bits per heavy atom. The number of thiazole rings is 1. The predicted octanol–water partition coefficient (Wildman–Crippen LogP) is 1.11. The van der Waals surface area contributed by atoms with Gasteiger partial charge in [-0.3, -0.25) is 9.98 Å². The summed E-state index contributed by atoms with van der Waals surface area (Å²) in [5.74, 6) is 1.30. The second-order valence-electron chi connectivity index (χ2n) is 5.62. The van der Waals surface area contributed by atoms with E-state index in [2.05, 4.69) is 15.4 Å². The monoisotopic (exact) mass is 302 g/mol. The molecule has 0 aliphatic carbocycles. The van der Waals surface area contributed by atoms with Crippen LogP contribution in [-0.2, 0) is 0 Å². The highest BCUT2D eigenvalue weighted by atomic mass is 32.1. The van der Waals surface area contributed by atoms with Crippen LogP contribution in [0.25, 0.3) is 0 Å². The third kappa shape index (κ3) is 2.26. The Kier molecular flexibility index (Phi) is 3.23. The van der Waals surface area contributed by atoms with Crippen LogP contribution in [0.1, 0.15) is 23.6 Å². The number of allylic oxidation sites excluding steroid dienone is 1. The summed E-state index contributed by atoms with van der Waals surface area (Å²) in [6.07, 6.45) is 8.14. The molecule has 0 radical (unpaired) electrons. The zero-order valence-electron chi connectivity index (χ0n) is 11.6. The Hall–Kier alpha value is -1.73. The molecule has 0 aromatic carbocycles.